The summed E-state index contributed by atoms with van der Waals surface area (Å²) in [6, 6.07) is 23.1. The fourth-order valence-electron chi connectivity index (χ4n) is 3.80. The molecule has 33 heavy (non-hydrogen) atoms. The molecule has 8 heteroatoms. The van der Waals surface area contributed by atoms with Crippen molar-refractivity contribution in [1.82, 2.24) is 10.2 Å². The van der Waals surface area contributed by atoms with E-state index in [2.05, 4.69) is 10.2 Å². The Kier molecular flexibility index (Phi) is 5.64. The van der Waals surface area contributed by atoms with E-state index < -0.39 is 6.03 Å². The van der Waals surface area contributed by atoms with E-state index in [9.17, 15) is 10.0 Å². The first-order valence-corrected chi connectivity index (χ1v) is 10.9. The molecule has 0 aliphatic heterocycles. The maximum atomic E-state index is 13.6. The minimum Gasteiger partial charge on any atom is -0.288 e. The smallest absolute Gasteiger partial charge is 0.288 e. The maximum absolute atomic E-state index is 13.6. The van der Waals surface area contributed by atoms with E-state index >= 15 is 0 Å². The van der Waals surface area contributed by atoms with Gasteiger partial charge < -0.3 is 0 Å². The molecule has 2 amide bonds. The van der Waals surface area contributed by atoms with Gasteiger partial charge in [-0.25, -0.2) is 4.79 Å². The molecule has 5 rings (SSSR count). The number of benzene rings is 4. The van der Waals surface area contributed by atoms with Gasteiger partial charge in [0.15, 0.2) is 0 Å². The molecule has 6 nitrogen and oxygen atoms in total. The number of H-pyrrole nitrogens is 1. The Balaban J connectivity index is 1.57. The molecule has 1 aromatic heterocycles. The molecule has 5 aromatic rings. The minimum atomic E-state index is -0.611. The SMILES string of the molecule is O=C(N(O)c1cccc2ccccc12)N(Cc1ccc(Cl)c(Cl)c1)c1ccc2[nH]ncc2c1. The second kappa shape index (κ2) is 8.75. The fraction of sp³-hybridized carbons (Fsp3) is 0.0400. The Morgan fingerprint density at radius 2 is 1.73 bits per heavy atom. The summed E-state index contributed by atoms with van der Waals surface area (Å²) in [6.45, 7) is 0.168. The summed E-state index contributed by atoms with van der Waals surface area (Å²) in [5.41, 5.74) is 2.59. The molecule has 0 aliphatic carbocycles. The molecule has 0 unspecified atom stereocenters. The predicted molar refractivity (Wildman–Crippen MR) is 132 cm³/mol. The summed E-state index contributed by atoms with van der Waals surface area (Å²) in [4.78, 5) is 15.1. The predicted octanol–water partition coefficient (Wildman–Crippen LogP) is 7.05. The zero-order valence-corrected chi connectivity index (χ0v) is 18.8. The van der Waals surface area contributed by atoms with Gasteiger partial charge in [0.25, 0.3) is 0 Å². The van der Waals surface area contributed by atoms with E-state index in [1.165, 1.54) is 4.90 Å². The van der Waals surface area contributed by atoms with Gasteiger partial charge in [0, 0.05) is 16.5 Å². The molecule has 164 valence electrons. The van der Waals surface area contributed by atoms with Crippen LogP contribution < -0.4 is 9.96 Å². The third-order valence-electron chi connectivity index (χ3n) is 5.47. The molecule has 0 aliphatic rings. The summed E-state index contributed by atoms with van der Waals surface area (Å²) in [5.74, 6) is 0. The van der Waals surface area contributed by atoms with Gasteiger partial charge in [0.1, 0.15) is 0 Å². The van der Waals surface area contributed by atoms with Gasteiger partial charge in [-0.05, 0) is 47.3 Å². The van der Waals surface area contributed by atoms with E-state index in [-0.39, 0.29) is 6.54 Å². The summed E-state index contributed by atoms with van der Waals surface area (Å²) in [5, 5.41) is 22.0. The molecule has 0 atom stereocenters. The second-order valence-electron chi connectivity index (χ2n) is 7.57. The molecule has 0 saturated heterocycles. The van der Waals surface area contributed by atoms with E-state index in [0.717, 1.165) is 27.2 Å². The molecular formula is C25H18Cl2N4O2. The number of aromatic nitrogens is 2. The molecule has 0 radical (unpaired) electrons. The van der Waals surface area contributed by atoms with Crippen molar-refractivity contribution >= 4 is 62.3 Å². The quantitative estimate of drug-likeness (QED) is 0.215. The number of nitrogens with one attached hydrogen (secondary N) is 1. The van der Waals surface area contributed by atoms with Crippen molar-refractivity contribution in [1.29, 1.82) is 0 Å². The third kappa shape index (κ3) is 4.12. The Morgan fingerprint density at radius 3 is 2.58 bits per heavy atom. The standard InChI is InChI=1S/C25H18Cl2N4O2/c26-21-10-8-16(12-22(21)27)15-30(19-9-11-23-18(13-19)14-28-29-23)25(32)31(33)24-7-3-5-17-4-1-2-6-20(17)24/h1-14,33H,15H2,(H,28,29). The number of amides is 2. The van der Waals surface area contributed by atoms with Crippen molar-refractivity contribution in [2.24, 2.45) is 0 Å². The van der Waals surface area contributed by atoms with Gasteiger partial charge in [0.05, 0.1) is 34.0 Å². The highest BCUT2D eigenvalue weighted by Gasteiger charge is 2.25. The average molecular weight is 477 g/mol. The maximum Gasteiger partial charge on any atom is 0.353 e. The summed E-state index contributed by atoms with van der Waals surface area (Å²) < 4.78 is 0. The number of aromatic amines is 1. The summed E-state index contributed by atoms with van der Waals surface area (Å²) in [6.07, 6.45) is 1.68. The average Bonchev–Trinajstić information content (AvgIpc) is 3.31. The normalized spacial score (nSPS) is 11.1. The highest BCUT2D eigenvalue weighted by atomic mass is 35.5. The lowest BCUT2D eigenvalue weighted by atomic mass is 10.1. The number of anilines is 2. The molecule has 2 N–H and O–H groups in total. The van der Waals surface area contributed by atoms with E-state index in [4.69, 9.17) is 23.2 Å². The second-order valence-corrected chi connectivity index (χ2v) is 8.38. The lowest BCUT2D eigenvalue weighted by molar-refractivity contribution is 0.210. The van der Waals surface area contributed by atoms with Gasteiger partial charge in [-0.3, -0.25) is 15.2 Å². The number of hydrogen-bond acceptors (Lipinski definition) is 3. The van der Waals surface area contributed by atoms with Crippen LogP contribution >= 0.6 is 23.2 Å². The lowest BCUT2D eigenvalue weighted by Gasteiger charge is -2.28. The number of rotatable bonds is 4. The van der Waals surface area contributed by atoms with Crippen LogP contribution in [0.5, 0.6) is 0 Å². The van der Waals surface area contributed by atoms with Gasteiger partial charge in [-0.15, -0.1) is 0 Å². The summed E-state index contributed by atoms with van der Waals surface area (Å²) >= 11 is 12.3. The van der Waals surface area contributed by atoms with Crippen molar-refractivity contribution in [2.75, 3.05) is 9.96 Å². The molecule has 4 aromatic carbocycles. The van der Waals surface area contributed by atoms with E-state index in [1.54, 1.807) is 42.6 Å². The van der Waals surface area contributed by atoms with Crippen molar-refractivity contribution < 1.29 is 10.0 Å². The number of halogens is 2. The van der Waals surface area contributed by atoms with E-state index in [1.807, 2.05) is 42.5 Å². The topological polar surface area (TPSA) is 72.5 Å². The number of hydrogen-bond donors (Lipinski definition) is 2. The number of hydroxylamine groups is 1. The van der Waals surface area contributed by atoms with Crippen LogP contribution in [0.15, 0.2) is 85.1 Å². The molecule has 0 fully saturated rings. The third-order valence-corrected chi connectivity index (χ3v) is 6.21. The Hall–Kier alpha value is -3.58. The van der Waals surface area contributed by atoms with Crippen molar-refractivity contribution in [2.45, 2.75) is 6.54 Å². The van der Waals surface area contributed by atoms with Crippen LogP contribution in [0.1, 0.15) is 5.56 Å². The number of nitrogens with zero attached hydrogens (tertiary/aromatic N) is 3. The lowest BCUT2D eigenvalue weighted by Crippen LogP contribution is -2.41. The first kappa shape index (κ1) is 21.3. The van der Waals surface area contributed by atoms with Gasteiger partial charge >= 0.3 is 6.03 Å². The van der Waals surface area contributed by atoms with Crippen molar-refractivity contribution in [3.8, 4) is 0 Å². The largest absolute Gasteiger partial charge is 0.353 e. The molecule has 0 bridgehead atoms. The van der Waals surface area contributed by atoms with E-state index in [0.29, 0.717) is 26.5 Å². The van der Waals surface area contributed by atoms with Crippen LogP contribution in [0.3, 0.4) is 0 Å². The monoisotopic (exact) mass is 476 g/mol. The van der Waals surface area contributed by atoms with Gasteiger partial charge in [0.2, 0.25) is 0 Å². The highest BCUT2D eigenvalue weighted by molar-refractivity contribution is 6.42. The first-order valence-electron chi connectivity index (χ1n) is 10.2. The summed E-state index contributed by atoms with van der Waals surface area (Å²) in [7, 11) is 0. The molecule has 0 spiro atoms. The van der Waals surface area contributed by atoms with Crippen LogP contribution in [0.25, 0.3) is 21.7 Å². The van der Waals surface area contributed by atoms with Gasteiger partial charge in [-0.1, -0.05) is 65.7 Å². The van der Waals surface area contributed by atoms with Crippen molar-refractivity contribution in [3.05, 3.63) is 101 Å². The zero-order valence-electron chi connectivity index (χ0n) is 17.2. The van der Waals surface area contributed by atoms with Crippen LogP contribution in [0.2, 0.25) is 10.0 Å². The Bertz CT molecular complexity index is 1480. The molecular weight excluding hydrogens is 459 g/mol. The first-order chi connectivity index (χ1) is 16.0. The van der Waals surface area contributed by atoms with Crippen LogP contribution in [0, 0.1) is 0 Å². The Morgan fingerprint density at radius 1 is 0.909 bits per heavy atom. The molecule has 0 saturated carbocycles. The minimum absolute atomic E-state index is 0.168. The number of fused-ring (bicyclic) bond motifs is 2. The van der Waals surface area contributed by atoms with Crippen LogP contribution in [-0.4, -0.2) is 21.4 Å². The van der Waals surface area contributed by atoms with Crippen LogP contribution in [-0.2, 0) is 6.54 Å². The number of urea groups is 1. The van der Waals surface area contributed by atoms with Gasteiger partial charge in [-0.2, -0.15) is 10.2 Å². The zero-order chi connectivity index (χ0) is 22.9. The van der Waals surface area contributed by atoms with Crippen LogP contribution in [0.4, 0.5) is 16.2 Å². The number of carbonyl (C=O) groups is 1. The Labute approximate surface area is 199 Å². The van der Waals surface area contributed by atoms with Crippen molar-refractivity contribution in [3.63, 3.8) is 0 Å². The fourth-order valence-corrected chi connectivity index (χ4v) is 4.12. The molecule has 1 heterocycles. The highest BCUT2D eigenvalue weighted by Crippen LogP contribution is 2.30. The number of carbonyl (C=O) groups excluding carboxylic acids is 1.